The van der Waals surface area contributed by atoms with Crippen LogP contribution in [0.15, 0.2) is 40.9 Å². The summed E-state index contributed by atoms with van der Waals surface area (Å²) in [6.45, 7) is 6.50. The summed E-state index contributed by atoms with van der Waals surface area (Å²) in [7, 11) is 0. The van der Waals surface area contributed by atoms with E-state index in [2.05, 4.69) is 28.2 Å². The summed E-state index contributed by atoms with van der Waals surface area (Å²) in [6.07, 6.45) is 1.10. The van der Waals surface area contributed by atoms with Gasteiger partial charge in [0.1, 0.15) is 0 Å². The lowest BCUT2D eigenvalue weighted by molar-refractivity contribution is -0.122. The van der Waals surface area contributed by atoms with Crippen LogP contribution in [0.25, 0.3) is 0 Å². The molecule has 0 spiro atoms. The molecule has 0 bridgehead atoms. The van der Waals surface area contributed by atoms with Gasteiger partial charge in [-0.2, -0.15) is 0 Å². The Hall–Kier alpha value is -2.14. The molecule has 1 saturated heterocycles. The maximum atomic E-state index is 12.7. The molecule has 3 rings (SSSR count). The Morgan fingerprint density at radius 2 is 1.92 bits per heavy atom. The second-order valence-electron chi connectivity index (χ2n) is 6.72. The lowest BCUT2D eigenvalue weighted by atomic mass is 10.1. The number of nitrogens with zero attached hydrogens (tertiary/aromatic N) is 1. The van der Waals surface area contributed by atoms with E-state index in [4.69, 9.17) is 0 Å². The van der Waals surface area contributed by atoms with Crippen LogP contribution in [0.4, 0.5) is 11.4 Å². The van der Waals surface area contributed by atoms with Gasteiger partial charge in [-0.25, -0.2) is 0 Å². The summed E-state index contributed by atoms with van der Waals surface area (Å²) in [6, 6.07) is 11.7. The van der Waals surface area contributed by atoms with Crippen molar-refractivity contribution in [1.29, 1.82) is 0 Å². The van der Waals surface area contributed by atoms with Crippen molar-refractivity contribution in [2.24, 2.45) is 5.92 Å². The maximum absolute atomic E-state index is 12.7. The number of benzene rings is 2. The third-order valence-corrected chi connectivity index (χ3v) is 6.00. The standard InChI is InChI=1S/C21H23BrN2O2/c1-4-15-7-5-6-8-19(15)24-12-16(11-20(24)25)21(26)23-18-10-9-17(22)13(2)14(18)3/h5-10,16H,4,11-12H2,1-3H3,(H,23,26)/t16-/m1/s1. The van der Waals surface area contributed by atoms with Gasteiger partial charge in [-0.1, -0.05) is 41.1 Å². The molecule has 4 nitrogen and oxygen atoms in total. The predicted molar refractivity (Wildman–Crippen MR) is 109 cm³/mol. The van der Waals surface area contributed by atoms with Crippen molar-refractivity contribution < 1.29 is 9.59 Å². The van der Waals surface area contributed by atoms with Gasteiger partial charge in [0.15, 0.2) is 0 Å². The summed E-state index contributed by atoms with van der Waals surface area (Å²) in [5.41, 5.74) is 4.98. The van der Waals surface area contributed by atoms with Gasteiger partial charge in [-0.15, -0.1) is 0 Å². The zero-order valence-electron chi connectivity index (χ0n) is 15.3. The molecule has 26 heavy (non-hydrogen) atoms. The highest BCUT2D eigenvalue weighted by molar-refractivity contribution is 9.10. The quantitative estimate of drug-likeness (QED) is 0.792. The van der Waals surface area contributed by atoms with Crippen LogP contribution < -0.4 is 10.2 Å². The SMILES string of the molecule is CCc1ccccc1N1C[C@H](C(=O)Nc2ccc(Br)c(C)c2C)CC1=O. The number of carbonyl (C=O) groups excluding carboxylic acids is 2. The molecule has 2 amide bonds. The van der Waals surface area contributed by atoms with Gasteiger partial charge in [0.2, 0.25) is 11.8 Å². The minimum atomic E-state index is -0.337. The number of hydrogen-bond acceptors (Lipinski definition) is 2. The molecule has 1 aliphatic heterocycles. The number of rotatable bonds is 4. The molecule has 0 unspecified atom stereocenters. The topological polar surface area (TPSA) is 49.4 Å². The fraction of sp³-hybridized carbons (Fsp3) is 0.333. The fourth-order valence-corrected chi connectivity index (χ4v) is 3.78. The summed E-state index contributed by atoms with van der Waals surface area (Å²) in [5, 5.41) is 3.00. The van der Waals surface area contributed by atoms with Crippen LogP contribution in [0.5, 0.6) is 0 Å². The third kappa shape index (κ3) is 3.54. The van der Waals surface area contributed by atoms with E-state index < -0.39 is 0 Å². The molecule has 1 fully saturated rings. The predicted octanol–water partition coefficient (Wildman–Crippen LogP) is 4.62. The fourth-order valence-electron chi connectivity index (χ4n) is 3.35. The van der Waals surface area contributed by atoms with Crippen LogP contribution >= 0.6 is 15.9 Å². The normalized spacial score (nSPS) is 16.8. The molecule has 1 aliphatic rings. The van der Waals surface area contributed by atoms with Crippen molar-refractivity contribution in [1.82, 2.24) is 0 Å². The third-order valence-electron chi connectivity index (χ3n) is 5.14. The Kier molecular flexibility index (Phi) is 5.47. The van der Waals surface area contributed by atoms with Crippen LogP contribution in [-0.2, 0) is 16.0 Å². The number of hydrogen-bond donors (Lipinski definition) is 1. The van der Waals surface area contributed by atoms with E-state index in [-0.39, 0.29) is 24.2 Å². The highest BCUT2D eigenvalue weighted by Gasteiger charge is 2.35. The summed E-state index contributed by atoms with van der Waals surface area (Å²) in [5.74, 6) is -0.426. The largest absolute Gasteiger partial charge is 0.326 e. The number of anilines is 2. The molecule has 0 saturated carbocycles. The molecule has 1 atom stereocenters. The van der Waals surface area contributed by atoms with E-state index in [1.807, 2.05) is 50.2 Å². The molecule has 0 aliphatic carbocycles. The van der Waals surface area contributed by atoms with E-state index in [1.165, 1.54) is 0 Å². The minimum absolute atomic E-state index is 0.00904. The number of nitrogens with one attached hydrogen (secondary N) is 1. The Morgan fingerprint density at radius 3 is 2.65 bits per heavy atom. The number of halogens is 1. The summed E-state index contributed by atoms with van der Waals surface area (Å²) >= 11 is 3.50. The first-order chi connectivity index (χ1) is 12.4. The van der Waals surface area contributed by atoms with Crippen LogP contribution in [0, 0.1) is 19.8 Å². The van der Waals surface area contributed by atoms with Crippen LogP contribution in [0.2, 0.25) is 0 Å². The van der Waals surface area contributed by atoms with E-state index in [9.17, 15) is 9.59 Å². The zero-order chi connectivity index (χ0) is 18.8. The monoisotopic (exact) mass is 414 g/mol. The van der Waals surface area contributed by atoms with Crippen molar-refractivity contribution >= 4 is 39.1 Å². The van der Waals surface area contributed by atoms with Crippen molar-refractivity contribution in [2.75, 3.05) is 16.8 Å². The number of para-hydroxylation sites is 1. The van der Waals surface area contributed by atoms with Crippen molar-refractivity contribution in [3.05, 3.63) is 57.6 Å². The van der Waals surface area contributed by atoms with E-state index >= 15 is 0 Å². The van der Waals surface area contributed by atoms with Gasteiger partial charge >= 0.3 is 0 Å². The smallest absolute Gasteiger partial charge is 0.229 e. The van der Waals surface area contributed by atoms with E-state index in [0.717, 1.165) is 39.0 Å². The van der Waals surface area contributed by atoms with Gasteiger partial charge in [-0.05, 0) is 55.2 Å². The van der Waals surface area contributed by atoms with Gasteiger partial charge in [-0.3, -0.25) is 9.59 Å². The van der Waals surface area contributed by atoms with Crippen LogP contribution in [-0.4, -0.2) is 18.4 Å². The second kappa shape index (κ2) is 7.62. The molecule has 0 radical (unpaired) electrons. The van der Waals surface area contributed by atoms with Gasteiger partial charge < -0.3 is 10.2 Å². The highest BCUT2D eigenvalue weighted by Crippen LogP contribution is 2.30. The maximum Gasteiger partial charge on any atom is 0.229 e. The van der Waals surface area contributed by atoms with Crippen molar-refractivity contribution in [2.45, 2.75) is 33.6 Å². The molecular formula is C21H23BrN2O2. The molecule has 0 aromatic heterocycles. The first kappa shape index (κ1) is 18.6. The summed E-state index contributed by atoms with van der Waals surface area (Å²) in [4.78, 5) is 27.0. The molecule has 1 heterocycles. The average molecular weight is 415 g/mol. The molecule has 2 aromatic carbocycles. The van der Waals surface area contributed by atoms with E-state index in [1.54, 1.807) is 4.90 Å². The average Bonchev–Trinajstić information content (AvgIpc) is 3.03. The first-order valence-corrected chi connectivity index (χ1v) is 9.66. The number of carbonyl (C=O) groups is 2. The Morgan fingerprint density at radius 1 is 1.19 bits per heavy atom. The second-order valence-corrected chi connectivity index (χ2v) is 7.58. The van der Waals surface area contributed by atoms with E-state index in [0.29, 0.717) is 6.54 Å². The van der Waals surface area contributed by atoms with Crippen LogP contribution in [0.1, 0.15) is 30.0 Å². The molecule has 136 valence electrons. The van der Waals surface area contributed by atoms with Crippen molar-refractivity contribution in [3.63, 3.8) is 0 Å². The van der Waals surface area contributed by atoms with Gasteiger partial charge in [0.05, 0.1) is 5.92 Å². The zero-order valence-corrected chi connectivity index (χ0v) is 16.9. The van der Waals surface area contributed by atoms with Crippen LogP contribution in [0.3, 0.4) is 0 Å². The number of aryl methyl sites for hydroxylation is 1. The molecular weight excluding hydrogens is 392 g/mol. The number of amides is 2. The van der Waals surface area contributed by atoms with Crippen molar-refractivity contribution in [3.8, 4) is 0 Å². The molecule has 5 heteroatoms. The molecule has 1 N–H and O–H groups in total. The van der Waals surface area contributed by atoms with Gasteiger partial charge in [0.25, 0.3) is 0 Å². The minimum Gasteiger partial charge on any atom is -0.326 e. The first-order valence-electron chi connectivity index (χ1n) is 8.87. The Balaban J connectivity index is 1.76. The lowest BCUT2D eigenvalue weighted by Crippen LogP contribution is -2.29. The summed E-state index contributed by atoms with van der Waals surface area (Å²) < 4.78 is 1.02. The Labute approximate surface area is 162 Å². The highest BCUT2D eigenvalue weighted by atomic mass is 79.9. The van der Waals surface area contributed by atoms with Gasteiger partial charge in [0, 0.05) is 28.8 Å². The lowest BCUT2D eigenvalue weighted by Gasteiger charge is -2.20. The molecule has 2 aromatic rings. The Bertz CT molecular complexity index is 863.